The molecule has 0 aliphatic heterocycles. The first-order chi connectivity index (χ1) is 7.86. The molecule has 0 amide bonds. The van der Waals surface area contributed by atoms with Gasteiger partial charge in [0.15, 0.2) is 0 Å². The van der Waals surface area contributed by atoms with Crippen molar-refractivity contribution in [3.63, 3.8) is 0 Å². The van der Waals surface area contributed by atoms with Gasteiger partial charge in [0.1, 0.15) is 0 Å². The molecule has 0 spiro atoms. The van der Waals surface area contributed by atoms with E-state index in [1.54, 1.807) is 0 Å². The lowest BCUT2D eigenvalue weighted by molar-refractivity contribution is 1.51. The molecule has 0 saturated carbocycles. The van der Waals surface area contributed by atoms with Crippen LogP contribution in [-0.2, 0) is 0 Å². The van der Waals surface area contributed by atoms with Crippen molar-refractivity contribution in [3.8, 4) is 0 Å². The number of benzene rings is 2. The predicted octanol–water partition coefficient (Wildman–Crippen LogP) is 7.98. The molecule has 0 N–H and O–H groups in total. The van der Waals surface area contributed by atoms with Gasteiger partial charge in [-0.2, -0.15) is 0 Å². The smallest absolute Gasteiger partial charge is 0.0477 e. The molecule has 2 aromatic carbocycles. The lowest BCUT2D eigenvalue weighted by Gasteiger charge is -2.13. The largest absolute Gasteiger partial charge is 0.0494 e. The van der Waals surface area contributed by atoms with Gasteiger partial charge in [-0.1, -0.05) is 0 Å². The number of halogens is 7. The standard InChI is InChI=1S/C10Br7/c11-2-1-3(12)6(13)5-4(2)7(14)9(16)10(17)8(5)15. The van der Waals surface area contributed by atoms with Crippen LogP contribution in [-0.4, -0.2) is 0 Å². The van der Waals surface area contributed by atoms with E-state index in [-0.39, 0.29) is 0 Å². The van der Waals surface area contributed by atoms with Gasteiger partial charge in [-0.25, -0.2) is 0 Å². The van der Waals surface area contributed by atoms with E-state index in [2.05, 4.69) is 118 Å². The fourth-order valence-electron chi connectivity index (χ4n) is 1.37. The van der Waals surface area contributed by atoms with Crippen LogP contribution in [0.2, 0.25) is 0 Å². The molecule has 89 valence electrons. The summed E-state index contributed by atoms with van der Waals surface area (Å²) in [5.41, 5.74) is 0. The number of rotatable bonds is 0. The van der Waals surface area contributed by atoms with Gasteiger partial charge >= 0.3 is 0 Å². The van der Waals surface area contributed by atoms with E-state index in [4.69, 9.17) is 0 Å². The van der Waals surface area contributed by atoms with Crippen LogP contribution in [0.15, 0.2) is 31.3 Å². The van der Waals surface area contributed by atoms with E-state index >= 15 is 0 Å². The third-order valence-corrected chi connectivity index (χ3v) is 9.40. The molecule has 0 heterocycles. The zero-order valence-corrected chi connectivity index (χ0v) is 18.7. The highest BCUT2D eigenvalue weighted by Gasteiger charge is 2.19. The van der Waals surface area contributed by atoms with Crippen molar-refractivity contribution in [2.75, 3.05) is 0 Å². The fourth-order valence-corrected chi connectivity index (χ4v) is 6.17. The first-order valence-electron chi connectivity index (χ1n) is 4.07. The van der Waals surface area contributed by atoms with Gasteiger partial charge in [0.05, 0.1) is 0 Å². The molecule has 0 nitrogen and oxygen atoms in total. The zero-order chi connectivity index (χ0) is 12.9. The van der Waals surface area contributed by atoms with Gasteiger partial charge < -0.3 is 0 Å². The fraction of sp³-hybridized carbons (Fsp3) is 0. The summed E-state index contributed by atoms with van der Waals surface area (Å²) >= 11 is 24.9. The van der Waals surface area contributed by atoms with Crippen LogP contribution in [0.5, 0.6) is 0 Å². The number of hydrogen-bond donors (Lipinski definition) is 0. The Balaban J connectivity index is 3.17. The van der Waals surface area contributed by atoms with Crippen LogP contribution in [0, 0.1) is 6.07 Å². The Morgan fingerprint density at radius 3 is 1.47 bits per heavy atom. The Kier molecular flexibility index (Phi) is 5.29. The van der Waals surface area contributed by atoms with Crippen LogP contribution < -0.4 is 0 Å². The Morgan fingerprint density at radius 1 is 0.471 bits per heavy atom. The average molecular weight is 679 g/mol. The molecule has 0 unspecified atom stereocenters. The monoisotopic (exact) mass is 672 g/mol. The second kappa shape index (κ2) is 5.82. The van der Waals surface area contributed by atoms with E-state index in [0.717, 1.165) is 42.1 Å². The van der Waals surface area contributed by atoms with E-state index in [9.17, 15) is 0 Å². The van der Waals surface area contributed by atoms with Crippen LogP contribution in [0.3, 0.4) is 0 Å². The first kappa shape index (κ1) is 15.4. The topological polar surface area (TPSA) is 0 Å². The normalized spacial score (nSPS) is 11.2. The highest BCUT2D eigenvalue weighted by atomic mass is 79.9. The molecule has 0 bridgehead atoms. The van der Waals surface area contributed by atoms with E-state index in [1.807, 2.05) is 0 Å². The minimum Gasteiger partial charge on any atom is -0.0494 e. The molecule has 0 aliphatic carbocycles. The highest BCUT2D eigenvalue weighted by molar-refractivity contribution is 9.15. The second-order valence-corrected chi connectivity index (χ2v) is 8.62. The summed E-state index contributed by atoms with van der Waals surface area (Å²) in [5.74, 6) is 0. The van der Waals surface area contributed by atoms with Crippen molar-refractivity contribution in [2.45, 2.75) is 0 Å². The van der Waals surface area contributed by atoms with Crippen molar-refractivity contribution in [2.24, 2.45) is 0 Å². The van der Waals surface area contributed by atoms with Gasteiger partial charge in [0, 0.05) is 48.1 Å². The zero-order valence-electron chi connectivity index (χ0n) is 7.65. The van der Waals surface area contributed by atoms with Gasteiger partial charge in [0.2, 0.25) is 0 Å². The quantitative estimate of drug-likeness (QED) is 0.196. The number of hydrogen-bond acceptors (Lipinski definition) is 0. The first-order valence-corrected chi connectivity index (χ1v) is 9.62. The predicted molar refractivity (Wildman–Crippen MR) is 96.7 cm³/mol. The maximum absolute atomic E-state index is 3.60. The lowest BCUT2D eigenvalue weighted by Crippen LogP contribution is -1.87. The molecule has 7 heteroatoms. The summed E-state index contributed by atoms with van der Waals surface area (Å²) in [7, 11) is 0. The van der Waals surface area contributed by atoms with Crippen molar-refractivity contribution >= 4 is 122 Å². The molecule has 17 heavy (non-hydrogen) atoms. The molecular formula is C10Br7. The van der Waals surface area contributed by atoms with Gasteiger partial charge in [-0.05, 0) is 112 Å². The van der Waals surface area contributed by atoms with Crippen LogP contribution in [0.1, 0.15) is 0 Å². The Hall–Kier alpha value is 2.06. The molecule has 0 saturated heterocycles. The molecule has 2 rings (SSSR count). The summed E-state index contributed by atoms with van der Waals surface area (Å²) in [4.78, 5) is 0. The van der Waals surface area contributed by atoms with Crippen molar-refractivity contribution < 1.29 is 0 Å². The highest BCUT2D eigenvalue weighted by Crippen LogP contribution is 2.49. The SMILES string of the molecule is Brc1[c]c(Br)c2c(Br)c(Br)c(Br)c(Br)c2c1Br. The summed E-state index contributed by atoms with van der Waals surface area (Å²) in [6.07, 6.45) is 0. The third-order valence-electron chi connectivity index (χ3n) is 2.12. The lowest BCUT2D eigenvalue weighted by atomic mass is 10.1. The van der Waals surface area contributed by atoms with E-state index < -0.39 is 0 Å². The van der Waals surface area contributed by atoms with Crippen LogP contribution >= 0.6 is 112 Å². The van der Waals surface area contributed by atoms with Crippen molar-refractivity contribution in [3.05, 3.63) is 37.4 Å². The summed E-state index contributed by atoms with van der Waals surface area (Å²) in [6, 6.07) is 3.20. The van der Waals surface area contributed by atoms with Crippen LogP contribution in [0.25, 0.3) is 10.8 Å². The summed E-state index contributed by atoms with van der Waals surface area (Å²) in [5, 5.41) is 2.10. The number of fused-ring (bicyclic) bond motifs is 1. The van der Waals surface area contributed by atoms with Gasteiger partial charge in [-0.3, -0.25) is 0 Å². The average Bonchev–Trinajstić information content (AvgIpc) is 2.28. The van der Waals surface area contributed by atoms with Gasteiger partial charge in [0.25, 0.3) is 0 Å². The van der Waals surface area contributed by atoms with Crippen molar-refractivity contribution in [1.29, 1.82) is 0 Å². The Morgan fingerprint density at radius 2 is 0.941 bits per heavy atom. The van der Waals surface area contributed by atoms with Crippen molar-refractivity contribution in [1.82, 2.24) is 0 Å². The molecule has 2 aromatic rings. The van der Waals surface area contributed by atoms with Crippen LogP contribution in [0.4, 0.5) is 0 Å². The third kappa shape index (κ3) is 2.63. The minimum absolute atomic E-state index is 0.874. The minimum atomic E-state index is 0.874. The summed E-state index contributed by atoms with van der Waals surface area (Å²) in [6.45, 7) is 0. The van der Waals surface area contributed by atoms with Gasteiger partial charge in [-0.15, -0.1) is 0 Å². The molecule has 0 aromatic heterocycles. The van der Waals surface area contributed by atoms with E-state index in [1.165, 1.54) is 0 Å². The Bertz CT molecular complexity index is 633. The summed E-state index contributed by atoms with van der Waals surface area (Å²) < 4.78 is 6.59. The molecular weight excluding hydrogens is 679 g/mol. The molecule has 0 aliphatic rings. The second-order valence-electron chi connectivity index (χ2n) is 3.07. The molecule has 0 atom stereocenters. The van der Waals surface area contributed by atoms with E-state index in [0.29, 0.717) is 0 Å². The maximum atomic E-state index is 3.60. The molecule has 1 radical (unpaired) electrons. The Labute approximate surface area is 157 Å². The maximum Gasteiger partial charge on any atom is 0.0477 e. The molecule has 0 fully saturated rings.